The van der Waals surface area contributed by atoms with Gasteiger partial charge in [-0.15, -0.1) is 0 Å². The highest BCUT2D eigenvalue weighted by Crippen LogP contribution is 2.20. The Bertz CT molecular complexity index is 605. The molecular weight excluding hydrogens is 347 g/mol. The summed E-state index contributed by atoms with van der Waals surface area (Å²) in [5.74, 6) is 1.10. The summed E-state index contributed by atoms with van der Waals surface area (Å²) < 4.78 is 18.4. The summed E-state index contributed by atoms with van der Waals surface area (Å²) in [4.78, 5) is 9.49. The number of aliphatic hydroxyl groups is 1. The van der Waals surface area contributed by atoms with Gasteiger partial charge in [0.2, 0.25) is 0 Å². The molecule has 0 aromatic heterocycles. The molecule has 150 valence electrons. The fraction of sp³-hybridized carbons (Fsp3) is 0.650. The molecule has 2 aliphatic rings. The summed E-state index contributed by atoms with van der Waals surface area (Å²) in [6, 6.07) is 6.40. The molecule has 1 aromatic carbocycles. The fourth-order valence-electron chi connectivity index (χ4n) is 3.73. The van der Waals surface area contributed by atoms with E-state index < -0.39 is 6.10 Å². The topological polar surface area (TPSA) is 60.3 Å². The predicted octanol–water partition coefficient (Wildman–Crippen LogP) is 1.70. The van der Waals surface area contributed by atoms with Crippen molar-refractivity contribution in [1.29, 1.82) is 0 Å². The van der Waals surface area contributed by atoms with Gasteiger partial charge in [-0.3, -0.25) is 9.89 Å². The Morgan fingerprint density at radius 2 is 2.04 bits per heavy atom. The van der Waals surface area contributed by atoms with E-state index in [1.54, 1.807) is 12.1 Å². The third kappa shape index (κ3) is 5.81. The second-order valence-electron chi connectivity index (χ2n) is 7.24. The number of aliphatic imine (C=N–C) groups is 1. The van der Waals surface area contributed by atoms with Crippen molar-refractivity contribution < 1.29 is 14.2 Å². The number of guanidine groups is 1. The smallest absolute Gasteiger partial charge is 0.194 e. The zero-order valence-electron chi connectivity index (χ0n) is 16.1. The van der Waals surface area contributed by atoms with E-state index in [0.29, 0.717) is 11.8 Å². The Morgan fingerprint density at radius 1 is 1.30 bits per heavy atom. The van der Waals surface area contributed by atoms with E-state index in [2.05, 4.69) is 27.0 Å². The van der Waals surface area contributed by atoms with E-state index in [0.717, 1.165) is 25.6 Å². The third-order valence-electron chi connectivity index (χ3n) is 5.16. The first kappa shape index (κ1) is 19.9. The predicted molar refractivity (Wildman–Crippen MR) is 105 cm³/mol. The molecule has 7 heteroatoms. The summed E-state index contributed by atoms with van der Waals surface area (Å²) in [5, 5.41) is 13.5. The lowest BCUT2D eigenvalue weighted by atomic mass is 10.2. The number of rotatable bonds is 7. The molecule has 0 aliphatic carbocycles. The van der Waals surface area contributed by atoms with Gasteiger partial charge in [0.1, 0.15) is 24.3 Å². The normalized spacial score (nSPS) is 22.3. The minimum absolute atomic E-state index is 0.130. The lowest BCUT2D eigenvalue weighted by Crippen LogP contribution is -2.43. The highest BCUT2D eigenvalue weighted by atomic mass is 19.1. The van der Waals surface area contributed by atoms with Crippen molar-refractivity contribution in [2.45, 2.75) is 38.3 Å². The summed E-state index contributed by atoms with van der Waals surface area (Å²) in [5.41, 5.74) is 0. The number of aliphatic hydroxyl groups excluding tert-OH is 1. The summed E-state index contributed by atoms with van der Waals surface area (Å²) in [7, 11) is 0. The number of nitrogens with zero attached hydrogens (tertiary/aromatic N) is 3. The van der Waals surface area contributed by atoms with E-state index in [9.17, 15) is 9.50 Å². The molecule has 0 amide bonds. The van der Waals surface area contributed by atoms with Crippen molar-refractivity contribution in [3.8, 4) is 5.75 Å². The summed E-state index contributed by atoms with van der Waals surface area (Å²) >= 11 is 0. The van der Waals surface area contributed by atoms with Gasteiger partial charge in [0.25, 0.3) is 0 Å². The molecule has 27 heavy (non-hydrogen) atoms. The lowest BCUT2D eigenvalue weighted by molar-refractivity contribution is 0.114. The zero-order chi connectivity index (χ0) is 19.1. The molecule has 0 radical (unpaired) electrons. The number of hydrogen-bond acceptors (Lipinski definition) is 4. The maximum absolute atomic E-state index is 12.9. The monoisotopic (exact) mass is 378 g/mol. The Kier molecular flexibility index (Phi) is 7.29. The van der Waals surface area contributed by atoms with Gasteiger partial charge in [-0.05, 0) is 63.5 Å². The largest absolute Gasteiger partial charge is 0.491 e. The lowest BCUT2D eigenvalue weighted by Gasteiger charge is -2.25. The molecule has 2 saturated heterocycles. The molecule has 2 atom stereocenters. The van der Waals surface area contributed by atoms with Crippen molar-refractivity contribution in [2.75, 3.05) is 45.9 Å². The van der Waals surface area contributed by atoms with Gasteiger partial charge in [0.15, 0.2) is 5.96 Å². The van der Waals surface area contributed by atoms with Gasteiger partial charge in [0.05, 0.1) is 6.54 Å². The number of nitrogens with one attached hydrogen (secondary N) is 1. The van der Waals surface area contributed by atoms with Crippen LogP contribution in [0.5, 0.6) is 5.75 Å². The fourth-order valence-corrected chi connectivity index (χ4v) is 3.73. The quantitative estimate of drug-likeness (QED) is 0.559. The van der Waals surface area contributed by atoms with Gasteiger partial charge in [-0.2, -0.15) is 0 Å². The molecule has 0 saturated carbocycles. The first-order valence-electron chi connectivity index (χ1n) is 9.99. The van der Waals surface area contributed by atoms with Crippen LogP contribution in [0.1, 0.15) is 26.2 Å². The molecule has 2 fully saturated rings. The maximum Gasteiger partial charge on any atom is 0.194 e. The van der Waals surface area contributed by atoms with Crippen molar-refractivity contribution in [2.24, 2.45) is 4.99 Å². The van der Waals surface area contributed by atoms with Crippen LogP contribution in [0, 0.1) is 5.82 Å². The van der Waals surface area contributed by atoms with Crippen molar-refractivity contribution in [1.82, 2.24) is 15.1 Å². The number of likely N-dealkylation sites (tertiary alicyclic amines) is 2. The Morgan fingerprint density at radius 3 is 2.74 bits per heavy atom. The second kappa shape index (κ2) is 9.90. The average Bonchev–Trinajstić information content (AvgIpc) is 3.36. The van der Waals surface area contributed by atoms with Crippen LogP contribution < -0.4 is 10.1 Å². The molecule has 6 nitrogen and oxygen atoms in total. The third-order valence-corrected chi connectivity index (χ3v) is 5.16. The molecule has 2 unspecified atom stereocenters. The van der Waals surface area contributed by atoms with Gasteiger partial charge in [-0.25, -0.2) is 4.39 Å². The van der Waals surface area contributed by atoms with Crippen LogP contribution in [0.2, 0.25) is 0 Å². The van der Waals surface area contributed by atoms with Crippen molar-refractivity contribution >= 4 is 5.96 Å². The van der Waals surface area contributed by atoms with E-state index in [1.807, 2.05) is 0 Å². The Hall–Kier alpha value is -1.86. The van der Waals surface area contributed by atoms with Gasteiger partial charge in [-0.1, -0.05) is 0 Å². The van der Waals surface area contributed by atoms with Crippen LogP contribution in [-0.4, -0.2) is 78.9 Å². The van der Waals surface area contributed by atoms with Crippen LogP contribution in [0.3, 0.4) is 0 Å². The zero-order valence-corrected chi connectivity index (χ0v) is 16.1. The standard InChI is InChI=1S/C20H31FN4O2/c1-2-22-20(25-12-9-17(14-25)24-10-3-4-11-24)23-13-18(26)15-27-19-7-5-16(21)6-8-19/h5-8,17-18,26H,2-4,9-15H2,1H3,(H,22,23). The van der Waals surface area contributed by atoms with Crippen LogP contribution in [-0.2, 0) is 0 Å². The minimum Gasteiger partial charge on any atom is -0.491 e. The molecular formula is C20H31FN4O2. The highest BCUT2D eigenvalue weighted by Gasteiger charge is 2.30. The highest BCUT2D eigenvalue weighted by molar-refractivity contribution is 5.80. The van der Waals surface area contributed by atoms with E-state index in [1.165, 1.54) is 44.5 Å². The molecule has 0 bridgehead atoms. The van der Waals surface area contributed by atoms with Crippen LogP contribution in [0.25, 0.3) is 0 Å². The molecule has 2 heterocycles. The van der Waals surface area contributed by atoms with Crippen molar-refractivity contribution in [3.05, 3.63) is 30.1 Å². The van der Waals surface area contributed by atoms with Gasteiger partial charge in [0, 0.05) is 25.7 Å². The number of benzene rings is 1. The minimum atomic E-state index is -0.708. The Labute approximate surface area is 161 Å². The van der Waals surface area contributed by atoms with Crippen LogP contribution >= 0.6 is 0 Å². The SMILES string of the molecule is CCNC(=NCC(O)COc1ccc(F)cc1)N1CCC(N2CCCC2)C1. The van der Waals surface area contributed by atoms with Crippen LogP contribution in [0.15, 0.2) is 29.3 Å². The van der Waals surface area contributed by atoms with Crippen molar-refractivity contribution in [3.63, 3.8) is 0 Å². The van der Waals surface area contributed by atoms with E-state index in [-0.39, 0.29) is 19.0 Å². The number of ether oxygens (including phenoxy) is 1. The molecule has 2 N–H and O–H groups in total. The molecule has 1 aromatic rings. The summed E-state index contributed by atoms with van der Waals surface area (Å²) in [6.45, 7) is 7.67. The van der Waals surface area contributed by atoms with E-state index >= 15 is 0 Å². The second-order valence-corrected chi connectivity index (χ2v) is 7.24. The van der Waals surface area contributed by atoms with E-state index in [4.69, 9.17) is 4.74 Å². The maximum atomic E-state index is 12.9. The molecule has 0 spiro atoms. The first-order chi connectivity index (χ1) is 13.2. The number of halogens is 1. The molecule has 2 aliphatic heterocycles. The molecule has 3 rings (SSSR count). The van der Waals surface area contributed by atoms with Gasteiger partial charge < -0.3 is 20.1 Å². The van der Waals surface area contributed by atoms with Gasteiger partial charge >= 0.3 is 0 Å². The Balaban J connectivity index is 1.48. The first-order valence-corrected chi connectivity index (χ1v) is 9.99. The number of hydrogen-bond donors (Lipinski definition) is 2. The van der Waals surface area contributed by atoms with Crippen LogP contribution in [0.4, 0.5) is 4.39 Å². The summed E-state index contributed by atoms with van der Waals surface area (Å²) in [6.07, 6.45) is 3.08. The average molecular weight is 378 g/mol.